The van der Waals surface area contributed by atoms with Gasteiger partial charge in [0.15, 0.2) is 9.84 Å². The van der Waals surface area contributed by atoms with Crippen LogP contribution in [0, 0.1) is 19.8 Å². The van der Waals surface area contributed by atoms with E-state index in [1.54, 1.807) is 13.0 Å². The zero-order chi connectivity index (χ0) is 17.3. The standard InChI is InChI=1S/C14H20N2O5S2/c1-10-3-4-13(7-11(10)2)23(20,21)16-15-14(17)8-12-5-6-22(18,19)9-12/h3-4,7,12,16H,5-6,8-9H2,1-2H3,(H,15,17)/t12-/m1/s1. The summed E-state index contributed by atoms with van der Waals surface area (Å²) < 4.78 is 46.9. The van der Waals surface area contributed by atoms with Crippen LogP contribution in [0.25, 0.3) is 0 Å². The summed E-state index contributed by atoms with van der Waals surface area (Å²) in [6.45, 7) is 3.67. The summed E-state index contributed by atoms with van der Waals surface area (Å²) in [5.74, 6) is -0.741. The van der Waals surface area contributed by atoms with E-state index in [0.29, 0.717) is 6.42 Å². The average molecular weight is 360 g/mol. The Bertz CT molecular complexity index is 816. The smallest absolute Gasteiger partial charge is 0.257 e. The second-order valence-corrected chi connectivity index (χ2v) is 9.78. The molecule has 1 atom stereocenters. The maximum Gasteiger partial charge on any atom is 0.257 e. The minimum Gasteiger partial charge on any atom is -0.278 e. The van der Waals surface area contributed by atoms with E-state index in [2.05, 4.69) is 5.43 Å². The first-order chi connectivity index (χ1) is 10.6. The van der Waals surface area contributed by atoms with Crippen LogP contribution in [0.3, 0.4) is 0 Å². The number of nitrogens with one attached hydrogen (secondary N) is 2. The third kappa shape index (κ3) is 4.76. The number of sulfonamides is 1. The molecule has 0 saturated carbocycles. The second-order valence-electron chi connectivity index (χ2n) is 5.87. The van der Waals surface area contributed by atoms with Gasteiger partial charge >= 0.3 is 0 Å². The highest BCUT2D eigenvalue weighted by Crippen LogP contribution is 2.21. The molecule has 0 spiro atoms. The summed E-state index contributed by atoms with van der Waals surface area (Å²) in [4.78, 5) is 13.9. The zero-order valence-electron chi connectivity index (χ0n) is 13.0. The molecule has 1 aliphatic heterocycles. The Morgan fingerprint density at radius 3 is 2.52 bits per heavy atom. The van der Waals surface area contributed by atoms with Crippen molar-refractivity contribution in [2.75, 3.05) is 11.5 Å². The van der Waals surface area contributed by atoms with Gasteiger partial charge in [0.2, 0.25) is 5.91 Å². The number of amides is 1. The summed E-state index contributed by atoms with van der Waals surface area (Å²) in [6, 6.07) is 4.67. The van der Waals surface area contributed by atoms with Gasteiger partial charge in [-0.3, -0.25) is 10.2 Å². The molecule has 0 aliphatic carbocycles. The van der Waals surface area contributed by atoms with Crippen LogP contribution in [0.15, 0.2) is 23.1 Å². The quantitative estimate of drug-likeness (QED) is 0.741. The van der Waals surface area contributed by atoms with Gasteiger partial charge in [0.25, 0.3) is 10.0 Å². The van der Waals surface area contributed by atoms with Crippen LogP contribution in [0.1, 0.15) is 24.0 Å². The van der Waals surface area contributed by atoms with E-state index in [9.17, 15) is 21.6 Å². The Kier molecular flexibility index (Phi) is 5.12. The van der Waals surface area contributed by atoms with Crippen molar-refractivity contribution < 1.29 is 21.6 Å². The Morgan fingerprint density at radius 2 is 1.96 bits per heavy atom. The normalized spacial score (nSPS) is 20.3. The van der Waals surface area contributed by atoms with E-state index in [1.165, 1.54) is 12.1 Å². The molecule has 0 unspecified atom stereocenters. The molecule has 1 aromatic carbocycles. The van der Waals surface area contributed by atoms with Gasteiger partial charge in [-0.25, -0.2) is 16.8 Å². The molecule has 1 aliphatic rings. The van der Waals surface area contributed by atoms with Crippen LogP contribution in [0.2, 0.25) is 0 Å². The molecule has 0 aromatic heterocycles. The predicted molar refractivity (Wildman–Crippen MR) is 85.8 cm³/mol. The van der Waals surface area contributed by atoms with Crippen molar-refractivity contribution in [3.05, 3.63) is 29.3 Å². The SMILES string of the molecule is Cc1ccc(S(=O)(=O)NNC(=O)C[C@H]2CCS(=O)(=O)C2)cc1C. The van der Waals surface area contributed by atoms with E-state index in [-0.39, 0.29) is 28.7 Å². The van der Waals surface area contributed by atoms with Crippen molar-refractivity contribution in [3.63, 3.8) is 0 Å². The molecular weight excluding hydrogens is 340 g/mol. The highest BCUT2D eigenvalue weighted by Gasteiger charge is 2.29. The minimum atomic E-state index is -3.85. The van der Waals surface area contributed by atoms with Crippen LogP contribution in [0.5, 0.6) is 0 Å². The van der Waals surface area contributed by atoms with Crippen LogP contribution in [0.4, 0.5) is 0 Å². The molecule has 128 valence electrons. The number of sulfone groups is 1. The van der Waals surface area contributed by atoms with Crippen molar-refractivity contribution in [1.82, 2.24) is 10.3 Å². The summed E-state index contributed by atoms with van der Waals surface area (Å²) in [6.07, 6.45) is 0.411. The van der Waals surface area contributed by atoms with Crippen LogP contribution in [-0.2, 0) is 24.7 Å². The van der Waals surface area contributed by atoms with E-state index in [1.807, 2.05) is 11.8 Å². The molecule has 0 bridgehead atoms. The Morgan fingerprint density at radius 1 is 1.26 bits per heavy atom. The third-order valence-corrected chi connectivity index (χ3v) is 7.00. The maximum atomic E-state index is 12.1. The highest BCUT2D eigenvalue weighted by molar-refractivity contribution is 7.91. The number of aryl methyl sites for hydroxylation is 2. The summed E-state index contributed by atoms with van der Waals surface area (Å²) in [7, 11) is -6.91. The molecule has 0 radical (unpaired) electrons. The highest BCUT2D eigenvalue weighted by atomic mass is 32.2. The number of benzene rings is 1. The Balaban J connectivity index is 1.94. The third-order valence-electron chi connectivity index (χ3n) is 3.91. The Hall–Kier alpha value is -1.45. The van der Waals surface area contributed by atoms with Gasteiger partial charge in [-0.1, -0.05) is 6.07 Å². The molecule has 9 heteroatoms. The molecule has 7 nitrogen and oxygen atoms in total. The van der Waals surface area contributed by atoms with Crippen molar-refractivity contribution in [2.45, 2.75) is 31.6 Å². The molecule has 1 fully saturated rings. The fourth-order valence-corrected chi connectivity index (χ4v) is 5.22. The van der Waals surface area contributed by atoms with Crippen molar-refractivity contribution >= 4 is 25.8 Å². The van der Waals surface area contributed by atoms with Crippen molar-refractivity contribution in [3.8, 4) is 0 Å². The van der Waals surface area contributed by atoms with Gasteiger partial charge < -0.3 is 0 Å². The molecule has 23 heavy (non-hydrogen) atoms. The van der Waals surface area contributed by atoms with Gasteiger partial charge in [-0.2, -0.15) is 0 Å². The molecule has 1 amide bonds. The monoisotopic (exact) mass is 360 g/mol. The van der Waals surface area contributed by atoms with E-state index < -0.39 is 25.8 Å². The lowest BCUT2D eigenvalue weighted by atomic mass is 10.1. The first-order valence-electron chi connectivity index (χ1n) is 7.17. The number of hydrogen-bond donors (Lipinski definition) is 2. The van der Waals surface area contributed by atoms with Gasteiger partial charge in [0.1, 0.15) is 0 Å². The fourth-order valence-electron chi connectivity index (χ4n) is 2.41. The first-order valence-corrected chi connectivity index (χ1v) is 10.5. The lowest BCUT2D eigenvalue weighted by Crippen LogP contribution is -2.42. The predicted octanol–water partition coefficient (Wildman–Crippen LogP) is 0.438. The summed E-state index contributed by atoms with van der Waals surface area (Å²) in [5.41, 5.74) is 3.94. The molecule has 2 N–H and O–H groups in total. The van der Waals surface area contributed by atoms with Gasteiger partial charge in [0.05, 0.1) is 16.4 Å². The number of carbonyl (C=O) groups is 1. The minimum absolute atomic E-state index is 0.0192. The summed E-state index contributed by atoms with van der Waals surface area (Å²) >= 11 is 0. The van der Waals surface area contributed by atoms with Crippen molar-refractivity contribution in [1.29, 1.82) is 0 Å². The number of hydrazine groups is 1. The molecule has 2 rings (SSSR count). The topological polar surface area (TPSA) is 109 Å². The van der Waals surface area contributed by atoms with Gasteiger partial charge in [-0.05, 0) is 49.4 Å². The first kappa shape index (κ1) is 17.9. The fraction of sp³-hybridized carbons (Fsp3) is 0.500. The molecule has 1 saturated heterocycles. The average Bonchev–Trinajstić information content (AvgIpc) is 2.78. The van der Waals surface area contributed by atoms with Gasteiger partial charge in [0, 0.05) is 6.42 Å². The number of rotatable bonds is 5. The number of carbonyl (C=O) groups excluding carboxylic acids is 1. The van der Waals surface area contributed by atoms with Crippen LogP contribution >= 0.6 is 0 Å². The lowest BCUT2D eigenvalue weighted by Gasteiger charge is -2.11. The van der Waals surface area contributed by atoms with Crippen LogP contribution in [-0.4, -0.2) is 34.2 Å². The largest absolute Gasteiger partial charge is 0.278 e. The molecule has 1 aromatic rings. The zero-order valence-corrected chi connectivity index (χ0v) is 14.6. The van der Waals surface area contributed by atoms with Gasteiger partial charge in [-0.15, -0.1) is 4.83 Å². The van der Waals surface area contributed by atoms with Crippen LogP contribution < -0.4 is 10.3 Å². The van der Waals surface area contributed by atoms with E-state index >= 15 is 0 Å². The molecular formula is C14H20N2O5S2. The summed E-state index contributed by atoms with van der Waals surface area (Å²) in [5, 5.41) is 0. The Labute approximate surface area is 136 Å². The maximum absolute atomic E-state index is 12.1. The van der Waals surface area contributed by atoms with Crippen molar-refractivity contribution in [2.24, 2.45) is 5.92 Å². The number of hydrogen-bond acceptors (Lipinski definition) is 5. The lowest BCUT2D eigenvalue weighted by molar-refractivity contribution is -0.122. The molecule has 1 heterocycles. The second kappa shape index (κ2) is 6.58. The van der Waals surface area contributed by atoms with E-state index in [4.69, 9.17) is 0 Å². The van der Waals surface area contributed by atoms with E-state index in [0.717, 1.165) is 11.1 Å².